The van der Waals surface area contributed by atoms with Gasteiger partial charge < -0.3 is 14.5 Å². The highest BCUT2D eigenvalue weighted by atomic mass is 16.5. The molecule has 1 aliphatic rings. The highest BCUT2D eigenvalue weighted by Gasteiger charge is 2.22. The van der Waals surface area contributed by atoms with Crippen LogP contribution in [0, 0.1) is 0 Å². The van der Waals surface area contributed by atoms with Crippen molar-refractivity contribution in [2.75, 3.05) is 37.7 Å². The average molecular weight is 348 g/mol. The van der Waals surface area contributed by atoms with Crippen molar-refractivity contribution in [2.24, 2.45) is 0 Å². The number of para-hydroxylation sites is 1. The van der Waals surface area contributed by atoms with E-state index in [4.69, 9.17) is 4.74 Å². The zero-order valence-electron chi connectivity index (χ0n) is 14.4. The number of pyridine rings is 2. The Bertz CT molecular complexity index is 887. The van der Waals surface area contributed by atoms with E-state index < -0.39 is 0 Å². The number of anilines is 1. The van der Waals surface area contributed by atoms with Crippen molar-refractivity contribution in [2.45, 2.75) is 0 Å². The van der Waals surface area contributed by atoms with Gasteiger partial charge in [-0.2, -0.15) is 0 Å². The van der Waals surface area contributed by atoms with E-state index in [1.807, 2.05) is 53.4 Å². The van der Waals surface area contributed by atoms with Gasteiger partial charge in [-0.25, -0.2) is 4.98 Å². The molecule has 1 aromatic carbocycles. The number of aromatic nitrogens is 2. The molecule has 0 aliphatic carbocycles. The maximum atomic E-state index is 12.5. The van der Waals surface area contributed by atoms with Gasteiger partial charge >= 0.3 is 0 Å². The summed E-state index contributed by atoms with van der Waals surface area (Å²) in [5.41, 5.74) is 0.780. The Labute approximate surface area is 152 Å². The van der Waals surface area contributed by atoms with Crippen LogP contribution in [0.2, 0.25) is 0 Å². The van der Waals surface area contributed by atoms with E-state index in [9.17, 15) is 4.79 Å². The van der Waals surface area contributed by atoms with Gasteiger partial charge in [-0.05, 0) is 24.3 Å². The van der Waals surface area contributed by atoms with Crippen molar-refractivity contribution < 1.29 is 9.53 Å². The van der Waals surface area contributed by atoms with Crippen LogP contribution in [0.15, 0.2) is 60.9 Å². The standard InChI is InChI=1S/C20H20N4O2/c25-19(15-26-17-7-3-5-16-6-4-10-22-20(16)17)24-13-11-23(12-14-24)18-8-1-2-9-21-18/h1-10H,11-15H2. The molecular formula is C20H20N4O2. The number of nitrogens with zero attached hydrogens (tertiary/aromatic N) is 4. The van der Waals surface area contributed by atoms with Crippen molar-refractivity contribution in [1.29, 1.82) is 0 Å². The lowest BCUT2D eigenvalue weighted by molar-refractivity contribution is -0.133. The van der Waals surface area contributed by atoms with E-state index in [2.05, 4.69) is 14.9 Å². The number of carbonyl (C=O) groups excluding carboxylic acids is 1. The van der Waals surface area contributed by atoms with Gasteiger partial charge in [-0.3, -0.25) is 9.78 Å². The summed E-state index contributed by atoms with van der Waals surface area (Å²) in [6, 6.07) is 15.5. The van der Waals surface area contributed by atoms with Gasteiger partial charge in [0.25, 0.3) is 5.91 Å². The topological polar surface area (TPSA) is 58.6 Å². The molecule has 2 aromatic heterocycles. The fraction of sp³-hybridized carbons (Fsp3) is 0.250. The number of ether oxygens (including phenoxy) is 1. The lowest BCUT2D eigenvalue weighted by Gasteiger charge is -2.35. The van der Waals surface area contributed by atoms with Crippen LogP contribution in [0.3, 0.4) is 0 Å². The first-order valence-corrected chi connectivity index (χ1v) is 8.71. The van der Waals surface area contributed by atoms with Gasteiger partial charge in [-0.15, -0.1) is 0 Å². The predicted molar refractivity (Wildman–Crippen MR) is 100 cm³/mol. The minimum absolute atomic E-state index is 0.00129. The van der Waals surface area contributed by atoms with Gasteiger partial charge in [0.1, 0.15) is 17.1 Å². The third-order valence-corrected chi connectivity index (χ3v) is 4.55. The first-order valence-electron chi connectivity index (χ1n) is 8.71. The van der Waals surface area contributed by atoms with E-state index in [-0.39, 0.29) is 12.5 Å². The molecule has 0 bridgehead atoms. The van der Waals surface area contributed by atoms with Crippen LogP contribution < -0.4 is 9.64 Å². The Morgan fingerprint density at radius 3 is 2.54 bits per heavy atom. The molecule has 3 aromatic rings. The van der Waals surface area contributed by atoms with Crippen LogP contribution >= 0.6 is 0 Å². The predicted octanol–water partition coefficient (Wildman–Crippen LogP) is 2.36. The van der Waals surface area contributed by atoms with Crippen molar-refractivity contribution in [3.05, 3.63) is 60.9 Å². The molecule has 0 atom stereocenters. The molecule has 26 heavy (non-hydrogen) atoms. The molecule has 1 amide bonds. The number of hydrogen-bond acceptors (Lipinski definition) is 5. The fourth-order valence-electron chi connectivity index (χ4n) is 3.15. The highest BCUT2D eigenvalue weighted by Crippen LogP contribution is 2.23. The monoisotopic (exact) mass is 348 g/mol. The number of piperazine rings is 1. The zero-order valence-corrected chi connectivity index (χ0v) is 14.4. The van der Waals surface area contributed by atoms with Gasteiger partial charge in [-0.1, -0.05) is 24.3 Å². The molecule has 0 saturated carbocycles. The summed E-state index contributed by atoms with van der Waals surface area (Å²) in [5, 5.41) is 1.00. The van der Waals surface area contributed by atoms with E-state index in [1.54, 1.807) is 12.4 Å². The first kappa shape index (κ1) is 16.3. The van der Waals surface area contributed by atoms with Crippen LogP contribution in [0.25, 0.3) is 10.9 Å². The van der Waals surface area contributed by atoms with E-state index >= 15 is 0 Å². The van der Waals surface area contributed by atoms with Crippen molar-refractivity contribution in [3.63, 3.8) is 0 Å². The highest BCUT2D eigenvalue weighted by molar-refractivity contribution is 5.85. The average Bonchev–Trinajstić information content (AvgIpc) is 2.73. The van der Waals surface area contributed by atoms with Crippen molar-refractivity contribution >= 4 is 22.6 Å². The Kier molecular flexibility index (Phi) is 4.64. The molecule has 132 valence electrons. The summed E-state index contributed by atoms with van der Waals surface area (Å²) in [7, 11) is 0. The van der Waals surface area contributed by atoms with E-state index in [0.717, 1.165) is 29.8 Å². The number of fused-ring (bicyclic) bond motifs is 1. The normalized spacial score (nSPS) is 14.5. The summed E-state index contributed by atoms with van der Waals surface area (Å²) in [6.07, 6.45) is 3.52. The van der Waals surface area contributed by atoms with Gasteiger partial charge in [0, 0.05) is 44.0 Å². The van der Waals surface area contributed by atoms with Gasteiger partial charge in [0.05, 0.1) is 0 Å². The molecule has 1 aliphatic heterocycles. The fourth-order valence-corrected chi connectivity index (χ4v) is 3.15. The third-order valence-electron chi connectivity index (χ3n) is 4.55. The molecule has 0 radical (unpaired) electrons. The molecule has 0 unspecified atom stereocenters. The Hall–Kier alpha value is -3.15. The number of rotatable bonds is 4. The van der Waals surface area contributed by atoms with Gasteiger partial charge in [0.2, 0.25) is 0 Å². The lowest BCUT2D eigenvalue weighted by atomic mass is 10.2. The molecule has 0 N–H and O–H groups in total. The zero-order chi connectivity index (χ0) is 17.8. The van der Waals surface area contributed by atoms with Crippen molar-refractivity contribution in [1.82, 2.24) is 14.9 Å². The number of benzene rings is 1. The number of hydrogen-bond donors (Lipinski definition) is 0. The molecule has 6 heteroatoms. The third kappa shape index (κ3) is 3.44. The summed E-state index contributed by atoms with van der Waals surface area (Å²) in [4.78, 5) is 25.3. The Balaban J connectivity index is 1.34. The summed E-state index contributed by atoms with van der Waals surface area (Å²) >= 11 is 0. The second-order valence-corrected chi connectivity index (χ2v) is 6.18. The van der Waals surface area contributed by atoms with Crippen LogP contribution in [0.1, 0.15) is 0 Å². The molecule has 1 fully saturated rings. The summed E-state index contributed by atoms with van der Waals surface area (Å²) < 4.78 is 5.77. The van der Waals surface area contributed by atoms with Crippen LogP contribution in [0.5, 0.6) is 5.75 Å². The quantitative estimate of drug-likeness (QED) is 0.724. The van der Waals surface area contributed by atoms with E-state index in [0.29, 0.717) is 18.8 Å². The maximum Gasteiger partial charge on any atom is 0.260 e. The Morgan fingerprint density at radius 1 is 0.923 bits per heavy atom. The van der Waals surface area contributed by atoms with E-state index in [1.165, 1.54) is 0 Å². The summed E-state index contributed by atoms with van der Waals surface area (Å²) in [5.74, 6) is 1.60. The molecule has 0 spiro atoms. The molecule has 4 rings (SSSR count). The minimum atomic E-state index is -0.00129. The maximum absolute atomic E-state index is 12.5. The summed E-state index contributed by atoms with van der Waals surface area (Å²) in [6.45, 7) is 2.93. The van der Waals surface area contributed by atoms with Gasteiger partial charge in [0.15, 0.2) is 6.61 Å². The second-order valence-electron chi connectivity index (χ2n) is 6.18. The lowest BCUT2D eigenvalue weighted by Crippen LogP contribution is -2.50. The number of carbonyl (C=O) groups is 1. The van der Waals surface area contributed by atoms with Crippen LogP contribution in [-0.4, -0.2) is 53.6 Å². The molecule has 1 saturated heterocycles. The smallest absolute Gasteiger partial charge is 0.260 e. The molecule has 6 nitrogen and oxygen atoms in total. The first-order chi connectivity index (χ1) is 12.8. The van der Waals surface area contributed by atoms with Crippen LogP contribution in [0.4, 0.5) is 5.82 Å². The second kappa shape index (κ2) is 7.39. The number of amides is 1. The molecule has 3 heterocycles. The largest absolute Gasteiger partial charge is 0.481 e. The van der Waals surface area contributed by atoms with Crippen LogP contribution in [-0.2, 0) is 4.79 Å². The molecular weight excluding hydrogens is 328 g/mol. The minimum Gasteiger partial charge on any atom is -0.481 e. The van der Waals surface area contributed by atoms with Crippen molar-refractivity contribution in [3.8, 4) is 5.75 Å². The Morgan fingerprint density at radius 2 is 1.73 bits per heavy atom. The SMILES string of the molecule is O=C(COc1cccc2cccnc12)N1CCN(c2ccccn2)CC1.